The van der Waals surface area contributed by atoms with Crippen molar-refractivity contribution in [2.75, 3.05) is 18.3 Å². The van der Waals surface area contributed by atoms with E-state index in [0.717, 1.165) is 12.5 Å². The molecule has 0 heterocycles. The predicted molar refractivity (Wildman–Crippen MR) is 51.6 cm³/mol. The van der Waals surface area contributed by atoms with Crippen LogP contribution in [-0.2, 0) is 9.53 Å². The molecular formula is C8H15NO3S. The zero-order valence-corrected chi connectivity index (χ0v) is 8.26. The lowest BCUT2D eigenvalue weighted by molar-refractivity contribution is -0.137. The van der Waals surface area contributed by atoms with Crippen LogP contribution in [0.3, 0.4) is 0 Å². The van der Waals surface area contributed by atoms with Crippen molar-refractivity contribution in [2.45, 2.75) is 18.9 Å². The lowest BCUT2D eigenvalue weighted by Gasteiger charge is -2.06. The normalized spacial score (nSPS) is 18.5. The second-order valence-electron chi connectivity index (χ2n) is 3.25. The molecule has 76 valence electrons. The summed E-state index contributed by atoms with van der Waals surface area (Å²) in [7, 11) is 0. The maximum atomic E-state index is 10.3. The molecule has 0 aromatic heterocycles. The van der Waals surface area contributed by atoms with Gasteiger partial charge in [-0.25, -0.2) is 0 Å². The average molecular weight is 205 g/mol. The molecule has 0 saturated heterocycles. The third-order valence-corrected chi connectivity index (χ3v) is 2.76. The van der Waals surface area contributed by atoms with Crippen LogP contribution < -0.4 is 5.73 Å². The van der Waals surface area contributed by atoms with Gasteiger partial charge in [0.25, 0.3) is 0 Å². The van der Waals surface area contributed by atoms with Crippen molar-refractivity contribution in [3.8, 4) is 0 Å². The van der Waals surface area contributed by atoms with Crippen molar-refractivity contribution in [1.82, 2.24) is 0 Å². The Labute approximate surface area is 81.8 Å². The molecule has 5 heteroatoms. The molecular weight excluding hydrogens is 190 g/mol. The maximum Gasteiger partial charge on any atom is 0.321 e. The Morgan fingerprint density at radius 2 is 2.38 bits per heavy atom. The van der Waals surface area contributed by atoms with E-state index >= 15 is 0 Å². The van der Waals surface area contributed by atoms with Crippen LogP contribution in [0.4, 0.5) is 0 Å². The highest BCUT2D eigenvalue weighted by molar-refractivity contribution is 7.99. The van der Waals surface area contributed by atoms with Gasteiger partial charge < -0.3 is 15.6 Å². The second kappa shape index (κ2) is 5.47. The smallest absolute Gasteiger partial charge is 0.321 e. The number of thioether (sulfide) groups is 1. The van der Waals surface area contributed by atoms with Crippen LogP contribution in [0.25, 0.3) is 0 Å². The van der Waals surface area contributed by atoms with E-state index in [1.54, 1.807) is 0 Å². The highest BCUT2D eigenvalue weighted by atomic mass is 32.2. The van der Waals surface area contributed by atoms with Gasteiger partial charge in [0.1, 0.15) is 6.04 Å². The first-order valence-corrected chi connectivity index (χ1v) is 5.49. The summed E-state index contributed by atoms with van der Waals surface area (Å²) in [6, 6.07) is -0.769. The van der Waals surface area contributed by atoms with Gasteiger partial charge in [0, 0.05) is 5.75 Å². The summed E-state index contributed by atoms with van der Waals surface area (Å²) in [5, 5.41) is 8.46. The van der Waals surface area contributed by atoms with Crippen LogP contribution in [0.15, 0.2) is 0 Å². The first kappa shape index (κ1) is 10.8. The molecule has 0 radical (unpaired) electrons. The Bertz CT molecular complexity index is 173. The maximum absolute atomic E-state index is 10.3. The van der Waals surface area contributed by atoms with Gasteiger partial charge in [0.15, 0.2) is 0 Å². The average Bonchev–Trinajstić information content (AvgIpc) is 2.87. The Morgan fingerprint density at radius 1 is 1.69 bits per heavy atom. The van der Waals surface area contributed by atoms with Crippen molar-refractivity contribution >= 4 is 17.7 Å². The molecule has 0 aliphatic heterocycles. The Kier molecular flexibility index (Phi) is 4.55. The zero-order valence-electron chi connectivity index (χ0n) is 7.44. The summed E-state index contributed by atoms with van der Waals surface area (Å²) in [5.41, 5.74) is 5.29. The van der Waals surface area contributed by atoms with Gasteiger partial charge in [-0.05, 0) is 18.8 Å². The van der Waals surface area contributed by atoms with E-state index in [2.05, 4.69) is 0 Å². The largest absolute Gasteiger partial charge is 0.480 e. The van der Waals surface area contributed by atoms with E-state index in [0.29, 0.717) is 11.7 Å². The number of nitrogens with two attached hydrogens (primary N) is 1. The number of hydrogen-bond donors (Lipinski definition) is 2. The second-order valence-corrected chi connectivity index (χ2v) is 4.22. The van der Waals surface area contributed by atoms with Gasteiger partial charge >= 0.3 is 5.97 Å². The van der Waals surface area contributed by atoms with E-state index in [1.165, 1.54) is 24.6 Å². The van der Waals surface area contributed by atoms with Gasteiger partial charge in [0.05, 0.1) is 12.5 Å². The Balaban J connectivity index is 1.84. The SMILES string of the molecule is NC(CSCOCC1CC1)C(=O)O. The minimum absolute atomic E-state index is 0.417. The number of aliphatic carboxylic acids is 1. The van der Waals surface area contributed by atoms with E-state index in [4.69, 9.17) is 15.6 Å². The van der Waals surface area contributed by atoms with Crippen molar-refractivity contribution in [1.29, 1.82) is 0 Å². The summed E-state index contributed by atoms with van der Waals surface area (Å²) in [6.07, 6.45) is 2.55. The fourth-order valence-corrected chi connectivity index (χ4v) is 1.51. The molecule has 1 unspecified atom stereocenters. The lowest BCUT2D eigenvalue weighted by atomic mass is 10.4. The summed E-state index contributed by atoms with van der Waals surface area (Å²) in [6.45, 7) is 0.815. The monoisotopic (exact) mass is 205 g/mol. The molecule has 0 aromatic carbocycles. The third-order valence-electron chi connectivity index (χ3n) is 1.83. The first-order chi connectivity index (χ1) is 6.20. The number of carboxylic acid groups (broad SMARTS) is 1. The number of rotatable bonds is 7. The molecule has 1 saturated carbocycles. The van der Waals surface area contributed by atoms with Gasteiger partial charge in [-0.1, -0.05) is 0 Å². The van der Waals surface area contributed by atoms with Crippen LogP contribution in [0.5, 0.6) is 0 Å². The zero-order chi connectivity index (χ0) is 9.68. The molecule has 1 fully saturated rings. The van der Waals surface area contributed by atoms with Crippen LogP contribution in [0, 0.1) is 5.92 Å². The van der Waals surface area contributed by atoms with Crippen molar-refractivity contribution in [2.24, 2.45) is 11.7 Å². The van der Waals surface area contributed by atoms with E-state index < -0.39 is 12.0 Å². The van der Waals surface area contributed by atoms with Crippen molar-refractivity contribution < 1.29 is 14.6 Å². The molecule has 13 heavy (non-hydrogen) atoms. The van der Waals surface area contributed by atoms with Crippen LogP contribution in [0.1, 0.15) is 12.8 Å². The lowest BCUT2D eigenvalue weighted by Crippen LogP contribution is -2.32. The molecule has 1 aliphatic carbocycles. The third kappa shape index (κ3) is 5.13. The fourth-order valence-electron chi connectivity index (χ4n) is 0.805. The summed E-state index contributed by atoms with van der Waals surface area (Å²) in [4.78, 5) is 10.3. The molecule has 0 amide bonds. The summed E-state index contributed by atoms with van der Waals surface area (Å²) < 4.78 is 5.30. The number of carboxylic acids is 1. The highest BCUT2D eigenvalue weighted by Crippen LogP contribution is 2.29. The Morgan fingerprint density at radius 3 is 2.92 bits per heavy atom. The van der Waals surface area contributed by atoms with Crippen molar-refractivity contribution in [3.05, 3.63) is 0 Å². The summed E-state index contributed by atoms with van der Waals surface area (Å²) >= 11 is 1.43. The number of hydrogen-bond acceptors (Lipinski definition) is 4. The van der Waals surface area contributed by atoms with Gasteiger partial charge in [-0.2, -0.15) is 0 Å². The van der Waals surface area contributed by atoms with E-state index in [1.807, 2.05) is 0 Å². The molecule has 1 aliphatic rings. The minimum Gasteiger partial charge on any atom is -0.480 e. The molecule has 3 N–H and O–H groups in total. The topological polar surface area (TPSA) is 72.5 Å². The quantitative estimate of drug-likeness (QED) is 0.468. The van der Waals surface area contributed by atoms with Gasteiger partial charge in [0.2, 0.25) is 0 Å². The predicted octanol–water partition coefficient (Wildman–Crippen LogP) is 0.516. The first-order valence-electron chi connectivity index (χ1n) is 4.34. The molecule has 0 spiro atoms. The summed E-state index contributed by atoms with van der Waals surface area (Å²) in [5.74, 6) is 0.778. The van der Waals surface area contributed by atoms with Crippen LogP contribution in [-0.4, -0.2) is 35.4 Å². The van der Waals surface area contributed by atoms with E-state index in [9.17, 15) is 4.79 Å². The van der Waals surface area contributed by atoms with Gasteiger partial charge in [-0.15, -0.1) is 11.8 Å². The number of carbonyl (C=O) groups is 1. The van der Waals surface area contributed by atoms with E-state index in [-0.39, 0.29) is 0 Å². The molecule has 1 atom stereocenters. The van der Waals surface area contributed by atoms with Crippen molar-refractivity contribution in [3.63, 3.8) is 0 Å². The minimum atomic E-state index is -0.949. The van der Waals surface area contributed by atoms with Crippen LogP contribution in [0.2, 0.25) is 0 Å². The van der Waals surface area contributed by atoms with Crippen LogP contribution >= 0.6 is 11.8 Å². The fraction of sp³-hybridized carbons (Fsp3) is 0.875. The Hall–Kier alpha value is -0.260. The number of ether oxygens (including phenoxy) is 1. The molecule has 1 rings (SSSR count). The van der Waals surface area contributed by atoms with Gasteiger partial charge in [-0.3, -0.25) is 4.79 Å². The molecule has 4 nitrogen and oxygen atoms in total. The molecule has 0 aromatic rings. The standard InChI is InChI=1S/C8H15NO3S/c9-7(8(10)11)4-13-5-12-3-6-1-2-6/h6-7H,1-5,9H2,(H,10,11). The molecule has 0 bridgehead atoms. The highest BCUT2D eigenvalue weighted by Gasteiger charge is 2.21.